The van der Waals surface area contributed by atoms with Gasteiger partial charge in [0.05, 0.1) is 19.4 Å². The molecule has 2 aromatic rings. The van der Waals surface area contributed by atoms with Crippen LogP contribution in [0.1, 0.15) is 77.7 Å². The second kappa shape index (κ2) is 28.4. The van der Waals surface area contributed by atoms with Gasteiger partial charge in [-0.15, -0.1) is 0 Å². The van der Waals surface area contributed by atoms with Crippen LogP contribution in [-0.4, -0.2) is 157 Å². The van der Waals surface area contributed by atoms with Crippen LogP contribution in [0.4, 0.5) is 0 Å². The van der Waals surface area contributed by atoms with Crippen molar-refractivity contribution in [3.05, 3.63) is 36.0 Å². The molecule has 1 aromatic carbocycles. The number of carbonyl (C=O) groups excluding carboxylic acids is 8. The molecule has 8 amide bonds. The smallest absolute Gasteiger partial charge is 0.305 e. The summed E-state index contributed by atoms with van der Waals surface area (Å²) in [5, 5.41) is 34.3. The summed E-state index contributed by atoms with van der Waals surface area (Å²) in [7, 11) is 2.60. The fraction of sp³-hybridized carbons (Fsp3) is 0.558. The van der Waals surface area contributed by atoms with Crippen LogP contribution in [0.25, 0.3) is 10.9 Å². The topological polar surface area (TPSA) is 393 Å². The Morgan fingerprint density at radius 1 is 0.843 bits per heavy atom. The van der Waals surface area contributed by atoms with Crippen LogP contribution in [0.2, 0.25) is 0 Å². The number of nitrogens with two attached hydrogens (primary N) is 3. The number of nitrogens with one attached hydrogen (secondary N) is 7. The number of amides is 8. The van der Waals surface area contributed by atoms with Gasteiger partial charge in [0.25, 0.3) is 0 Å². The Labute approximate surface area is 417 Å². The maximum absolute atomic E-state index is 14.5. The second-order valence-corrected chi connectivity index (χ2v) is 20.8. The van der Waals surface area contributed by atoms with E-state index in [-0.39, 0.29) is 51.2 Å². The minimum atomic E-state index is -1.77. The third-order valence-corrected chi connectivity index (χ3v) is 13.4. The van der Waals surface area contributed by atoms with E-state index in [1.165, 1.54) is 33.4 Å². The highest BCUT2D eigenvalue weighted by Crippen LogP contribution is 2.25. The molecular weight excluding hydrogens is 973 g/mol. The quantitative estimate of drug-likeness (QED) is 0.0141. The number of likely N-dealkylation sites (tertiary alicyclic amines) is 1. The minimum absolute atomic E-state index is 0.0285. The number of unbranched alkanes of at least 4 members (excludes halogenated alkanes) is 1. The molecule has 3 rings (SSSR count). The minimum Gasteiger partial charge on any atom is -0.481 e. The molecule has 0 unspecified atom stereocenters. The Morgan fingerprint density at radius 2 is 1.51 bits per heavy atom. The van der Waals surface area contributed by atoms with E-state index in [0.717, 1.165) is 10.9 Å². The van der Waals surface area contributed by atoms with E-state index < -0.39 is 113 Å². The van der Waals surface area contributed by atoms with E-state index in [0.29, 0.717) is 36.3 Å². The number of fused-ring (bicyclic) bond motifs is 1. The van der Waals surface area contributed by atoms with Crippen molar-refractivity contribution >= 4 is 110 Å². The van der Waals surface area contributed by atoms with Gasteiger partial charge in [0.15, 0.2) is 5.96 Å². The van der Waals surface area contributed by atoms with Gasteiger partial charge in [-0.25, -0.2) is 0 Å². The third kappa shape index (κ3) is 19.6. The van der Waals surface area contributed by atoms with Crippen LogP contribution in [0, 0.1) is 0 Å². The zero-order valence-corrected chi connectivity index (χ0v) is 41.6. The van der Waals surface area contributed by atoms with Crippen molar-refractivity contribution in [1.82, 2.24) is 41.8 Å². The molecule has 1 aromatic heterocycles. The summed E-state index contributed by atoms with van der Waals surface area (Å²) >= 11 is 4.40. The number of hydrogen-bond acceptors (Lipinski definition) is 14. The van der Waals surface area contributed by atoms with Crippen molar-refractivity contribution in [3.63, 3.8) is 0 Å². The standard InChI is InChI=1S/C43H64N12O12S3/c1-23(50-31(56)13-17-69-70-18-14-33(58)59)37(63)52-27(11-6-7-15-47-42(45)46)38(64)49-22-32(57)51-28(20-34(60)61)39(65)53-29(19-24-21-48-26-10-5-4-9-25(24)26)41(67)55-16-8-12-30(55)40(66)54-35(36(44)62)43(2,3)68/h4-5,9-10,21,23,27-30,35,48,68H,6-8,11-20,22H2,1-3H3,(H2,44,62)(H,49,64)(H,50,56)(H,51,57)(H,52,63)(H,53,65)(H,54,66)(H,58,59)(H,60,61)(H4,45,46,47)/t23-,27-,28-,29-,30-,35+/m0/s1. The maximum Gasteiger partial charge on any atom is 0.305 e. The van der Waals surface area contributed by atoms with Crippen molar-refractivity contribution in [3.8, 4) is 0 Å². The number of carboxylic acid groups (broad SMARTS) is 2. The first kappa shape index (κ1) is 58.1. The Kier molecular flexibility index (Phi) is 23.6. The number of aliphatic carboxylic acids is 2. The summed E-state index contributed by atoms with van der Waals surface area (Å²) in [6.45, 7) is 4.10. The zero-order valence-electron chi connectivity index (χ0n) is 39.1. The molecule has 2 heterocycles. The summed E-state index contributed by atoms with van der Waals surface area (Å²) < 4.78 is -1.06. The van der Waals surface area contributed by atoms with Gasteiger partial charge in [0.2, 0.25) is 47.3 Å². The molecule has 0 spiro atoms. The molecule has 24 nitrogen and oxygen atoms in total. The largest absolute Gasteiger partial charge is 0.481 e. The van der Waals surface area contributed by atoms with E-state index >= 15 is 0 Å². The summed E-state index contributed by atoms with van der Waals surface area (Å²) in [5.41, 5.74) is 17.7. The molecule has 15 N–H and O–H groups in total. The molecule has 6 atom stereocenters. The fourth-order valence-electron chi connectivity index (χ4n) is 7.24. The average Bonchev–Trinajstić information content (AvgIpc) is 3.94. The molecule has 70 heavy (non-hydrogen) atoms. The van der Waals surface area contributed by atoms with Gasteiger partial charge in [-0.2, -0.15) is 12.6 Å². The highest BCUT2D eigenvalue weighted by Gasteiger charge is 2.41. The van der Waals surface area contributed by atoms with Gasteiger partial charge in [-0.05, 0) is 64.5 Å². The zero-order chi connectivity index (χ0) is 52.1. The molecule has 0 radical (unpaired) electrons. The summed E-state index contributed by atoms with van der Waals surface area (Å²) in [6, 6.07) is -0.619. The van der Waals surface area contributed by atoms with Gasteiger partial charge >= 0.3 is 11.9 Å². The van der Waals surface area contributed by atoms with E-state index in [1.807, 2.05) is 0 Å². The number of primary amides is 1. The number of aliphatic imine (C=N–C) groups is 1. The van der Waals surface area contributed by atoms with E-state index in [2.05, 4.69) is 54.5 Å². The molecule has 386 valence electrons. The lowest BCUT2D eigenvalue weighted by atomic mass is 10.0. The first-order valence-electron chi connectivity index (χ1n) is 22.4. The fourth-order valence-corrected chi connectivity index (χ4v) is 9.41. The Balaban J connectivity index is 1.75. The van der Waals surface area contributed by atoms with Crippen molar-refractivity contribution in [2.24, 2.45) is 22.2 Å². The number of benzene rings is 1. The normalized spacial score (nSPS) is 15.5. The lowest BCUT2D eigenvalue weighted by Crippen LogP contribution is -2.60. The number of aromatic nitrogens is 1. The molecular formula is C43H64N12O12S3. The SMILES string of the molecule is C[C@H](NC(=O)CCSSCCC(=O)O)C(=O)N[C@@H](CCCCN=C(N)N)C(=O)NCC(=O)N[C@@H](CC(=O)O)C(=O)N[C@@H](Cc1c[nH]c2ccccc12)C(=O)N1CCC[C@H]1C(=O)N[C@H](C(N)=O)C(C)(C)S. The molecule has 0 bridgehead atoms. The van der Waals surface area contributed by atoms with Crippen LogP contribution in [-0.2, 0) is 54.4 Å². The Hall–Kier alpha value is -6.22. The lowest BCUT2D eigenvalue weighted by molar-refractivity contribution is -0.143. The Bertz CT molecular complexity index is 2240. The number of nitrogens with zero attached hydrogens (tertiary/aromatic N) is 2. The first-order valence-corrected chi connectivity index (χ1v) is 25.3. The van der Waals surface area contributed by atoms with Crippen LogP contribution in [0.3, 0.4) is 0 Å². The number of para-hydroxylation sites is 1. The van der Waals surface area contributed by atoms with Crippen molar-refractivity contribution in [1.29, 1.82) is 0 Å². The monoisotopic (exact) mass is 1040 g/mol. The number of rotatable bonds is 30. The summed E-state index contributed by atoms with van der Waals surface area (Å²) in [5.74, 6) is -8.16. The number of carbonyl (C=O) groups is 10. The van der Waals surface area contributed by atoms with Gasteiger partial charge < -0.3 is 69.2 Å². The number of aromatic amines is 1. The third-order valence-electron chi connectivity index (χ3n) is 10.8. The van der Waals surface area contributed by atoms with E-state index in [4.69, 9.17) is 22.3 Å². The molecule has 1 saturated heterocycles. The van der Waals surface area contributed by atoms with Crippen LogP contribution < -0.4 is 49.1 Å². The molecule has 27 heteroatoms. The van der Waals surface area contributed by atoms with Gasteiger partial charge in [0, 0.05) is 59.3 Å². The molecule has 1 fully saturated rings. The lowest BCUT2D eigenvalue weighted by Gasteiger charge is -2.32. The van der Waals surface area contributed by atoms with E-state index in [1.54, 1.807) is 44.3 Å². The predicted molar refractivity (Wildman–Crippen MR) is 266 cm³/mol. The number of thiol groups is 1. The number of H-pyrrole nitrogens is 1. The van der Waals surface area contributed by atoms with Gasteiger partial charge in [0.1, 0.15) is 36.3 Å². The highest BCUT2D eigenvalue weighted by molar-refractivity contribution is 8.76. The first-order chi connectivity index (χ1) is 33.0. The average molecular weight is 1040 g/mol. The van der Waals surface area contributed by atoms with Crippen molar-refractivity contribution < 1.29 is 58.2 Å². The van der Waals surface area contributed by atoms with Crippen molar-refractivity contribution in [2.75, 3.05) is 31.1 Å². The highest BCUT2D eigenvalue weighted by atomic mass is 33.1. The second-order valence-electron chi connectivity index (χ2n) is 16.9. The number of hydrogen-bond donors (Lipinski definition) is 13. The predicted octanol–water partition coefficient (Wildman–Crippen LogP) is -1.38. The van der Waals surface area contributed by atoms with Crippen LogP contribution in [0.15, 0.2) is 35.5 Å². The van der Waals surface area contributed by atoms with Crippen LogP contribution in [0.5, 0.6) is 0 Å². The molecule has 0 aliphatic carbocycles. The number of guanidine groups is 1. The molecule has 0 saturated carbocycles. The summed E-state index contributed by atoms with van der Waals surface area (Å²) in [4.78, 5) is 138. The van der Waals surface area contributed by atoms with Crippen LogP contribution >= 0.6 is 34.2 Å². The summed E-state index contributed by atoms with van der Waals surface area (Å²) in [6.07, 6.45) is 1.94. The maximum atomic E-state index is 14.5. The number of carboxylic acids is 2. The molecule has 1 aliphatic rings. The van der Waals surface area contributed by atoms with Crippen molar-refractivity contribution in [2.45, 2.75) is 120 Å². The van der Waals surface area contributed by atoms with Gasteiger partial charge in [-0.3, -0.25) is 52.9 Å². The Morgan fingerprint density at radius 3 is 2.16 bits per heavy atom. The van der Waals surface area contributed by atoms with E-state index in [9.17, 15) is 53.1 Å². The van der Waals surface area contributed by atoms with Gasteiger partial charge in [-0.1, -0.05) is 39.8 Å². The molecule has 1 aliphatic heterocycles.